The van der Waals surface area contributed by atoms with Crippen LogP contribution in [0.25, 0.3) is 11.2 Å². The number of nitrogens with one attached hydrogen (secondary N) is 1. The van der Waals surface area contributed by atoms with E-state index >= 15 is 0 Å². The number of fused-ring (bicyclic) bond motifs is 1. The predicted molar refractivity (Wildman–Crippen MR) is 67.0 cm³/mol. The van der Waals surface area contributed by atoms with Gasteiger partial charge in [0, 0.05) is 4.90 Å². The quantitative estimate of drug-likeness (QED) is 0.758. The van der Waals surface area contributed by atoms with Gasteiger partial charge in [-0.05, 0) is 12.1 Å². The van der Waals surface area contributed by atoms with Crippen molar-refractivity contribution in [1.29, 1.82) is 5.26 Å². The molecule has 2 aromatic heterocycles. The largest absolute Gasteiger partial charge is 0.330 e. The Bertz CT molecular complexity index is 729. The maximum absolute atomic E-state index is 8.72. The van der Waals surface area contributed by atoms with E-state index in [4.69, 9.17) is 5.26 Å². The van der Waals surface area contributed by atoms with Crippen LogP contribution in [0.2, 0.25) is 0 Å². The standard InChI is InChI=1S/C12H7N5S/c13-6-10-14-7-9-11(16-10)17-12(15-9)18-8-4-2-1-3-5-8/h1-5,7H,(H,14,15,16,17). The van der Waals surface area contributed by atoms with Crippen LogP contribution in [-0.2, 0) is 0 Å². The Hall–Kier alpha value is -2.39. The number of imidazole rings is 1. The highest BCUT2D eigenvalue weighted by Crippen LogP contribution is 2.25. The molecule has 1 aromatic carbocycles. The first-order chi connectivity index (χ1) is 8.85. The van der Waals surface area contributed by atoms with Crippen molar-refractivity contribution in [2.24, 2.45) is 0 Å². The van der Waals surface area contributed by atoms with Crippen LogP contribution >= 0.6 is 11.8 Å². The fourth-order valence-corrected chi connectivity index (χ4v) is 2.30. The normalized spacial score (nSPS) is 10.4. The molecule has 0 unspecified atom stereocenters. The molecule has 0 saturated heterocycles. The minimum atomic E-state index is 0.130. The van der Waals surface area contributed by atoms with Crippen molar-refractivity contribution in [1.82, 2.24) is 19.9 Å². The zero-order valence-corrected chi connectivity index (χ0v) is 9.98. The fourth-order valence-electron chi connectivity index (χ4n) is 1.49. The van der Waals surface area contributed by atoms with E-state index in [1.807, 2.05) is 36.4 Å². The molecule has 6 heteroatoms. The van der Waals surface area contributed by atoms with Gasteiger partial charge in [-0.2, -0.15) is 10.2 Å². The number of rotatable bonds is 2. The topological polar surface area (TPSA) is 78.2 Å². The van der Waals surface area contributed by atoms with Crippen LogP contribution in [0, 0.1) is 11.3 Å². The predicted octanol–water partition coefficient (Wildman–Crippen LogP) is 2.38. The lowest BCUT2D eigenvalue weighted by molar-refractivity contribution is 1.07. The summed E-state index contributed by atoms with van der Waals surface area (Å²) in [6, 6.07) is 11.8. The Morgan fingerprint density at radius 2 is 2.00 bits per heavy atom. The molecule has 1 N–H and O–H groups in total. The van der Waals surface area contributed by atoms with E-state index in [0.29, 0.717) is 5.65 Å². The van der Waals surface area contributed by atoms with E-state index < -0.39 is 0 Å². The van der Waals surface area contributed by atoms with E-state index in [1.165, 1.54) is 11.8 Å². The second kappa shape index (κ2) is 4.47. The maximum atomic E-state index is 8.72. The molecule has 0 amide bonds. The Morgan fingerprint density at radius 1 is 1.17 bits per heavy atom. The SMILES string of the molecule is N#Cc1ncc2[nH]c(Sc3ccccc3)nc2n1. The third kappa shape index (κ3) is 2.04. The van der Waals surface area contributed by atoms with Crippen LogP contribution in [0.5, 0.6) is 0 Å². The van der Waals surface area contributed by atoms with Crippen molar-refractivity contribution in [3.63, 3.8) is 0 Å². The summed E-state index contributed by atoms with van der Waals surface area (Å²) in [6.45, 7) is 0. The molecule has 18 heavy (non-hydrogen) atoms. The van der Waals surface area contributed by atoms with Gasteiger partial charge in [0.1, 0.15) is 11.6 Å². The van der Waals surface area contributed by atoms with Crippen molar-refractivity contribution in [2.45, 2.75) is 10.1 Å². The second-order valence-corrected chi connectivity index (χ2v) is 4.56. The molecule has 0 aliphatic heterocycles. The van der Waals surface area contributed by atoms with Crippen LogP contribution in [0.15, 0.2) is 46.6 Å². The molecule has 0 fully saturated rings. The molecule has 0 aliphatic rings. The average molecular weight is 253 g/mol. The summed E-state index contributed by atoms with van der Waals surface area (Å²) < 4.78 is 0. The first kappa shape index (κ1) is 10.7. The van der Waals surface area contributed by atoms with E-state index in [2.05, 4.69) is 19.9 Å². The Morgan fingerprint density at radius 3 is 2.78 bits per heavy atom. The molecular weight excluding hydrogens is 246 g/mol. The number of aromatic amines is 1. The Labute approximate surface area is 107 Å². The van der Waals surface area contributed by atoms with Crippen LogP contribution in [0.1, 0.15) is 5.82 Å². The van der Waals surface area contributed by atoms with Crippen molar-refractivity contribution in [3.05, 3.63) is 42.4 Å². The zero-order valence-electron chi connectivity index (χ0n) is 9.16. The molecule has 86 valence electrons. The summed E-state index contributed by atoms with van der Waals surface area (Å²) in [5.41, 5.74) is 1.24. The Kier molecular flexibility index (Phi) is 2.67. The number of hydrogen-bond donors (Lipinski definition) is 1. The Balaban J connectivity index is 1.97. The lowest BCUT2D eigenvalue weighted by Gasteiger charge is -1.95. The van der Waals surface area contributed by atoms with Crippen molar-refractivity contribution >= 4 is 22.9 Å². The summed E-state index contributed by atoms with van der Waals surface area (Å²) in [4.78, 5) is 16.4. The van der Waals surface area contributed by atoms with Gasteiger partial charge in [0.25, 0.3) is 0 Å². The van der Waals surface area contributed by atoms with Crippen LogP contribution in [0.3, 0.4) is 0 Å². The van der Waals surface area contributed by atoms with Gasteiger partial charge in [0.2, 0.25) is 5.82 Å². The minimum absolute atomic E-state index is 0.130. The van der Waals surface area contributed by atoms with Crippen molar-refractivity contribution in [2.75, 3.05) is 0 Å². The molecule has 2 heterocycles. The number of H-pyrrole nitrogens is 1. The second-order valence-electron chi connectivity index (χ2n) is 3.50. The zero-order chi connectivity index (χ0) is 12.4. The van der Waals surface area contributed by atoms with Gasteiger partial charge in [-0.3, -0.25) is 0 Å². The molecule has 0 spiro atoms. The molecule has 0 saturated carbocycles. The monoisotopic (exact) mass is 253 g/mol. The van der Waals surface area contributed by atoms with E-state index in [1.54, 1.807) is 6.20 Å². The minimum Gasteiger partial charge on any atom is -0.330 e. The highest BCUT2D eigenvalue weighted by molar-refractivity contribution is 7.99. The van der Waals surface area contributed by atoms with Crippen LogP contribution in [-0.4, -0.2) is 19.9 Å². The van der Waals surface area contributed by atoms with Gasteiger partial charge in [-0.1, -0.05) is 30.0 Å². The van der Waals surface area contributed by atoms with E-state index in [9.17, 15) is 0 Å². The highest BCUT2D eigenvalue weighted by Gasteiger charge is 2.07. The molecule has 0 bridgehead atoms. The average Bonchev–Trinajstić information content (AvgIpc) is 2.80. The first-order valence-corrected chi connectivity index (χ1v) is 6.02. The van der Waals surface area contributed by atoms with Gasteiger partial charge in [-0.25, -0.2) is 9.97 Å². The molecule has 0 atom stereocenters. The molecule has 3 rings (SSSR count). The number of nitrogens with zero attached hydrogens (tertiary/aromatic N) is 4. The van der Waals surface area contributed by atoms with E-state index in [-0.39, 0.29) is 5.82 Å². The van der Waals surface area contributed by atoms with E-state index in [0.717, 1.165) is 15.6 Å². The molecule has 3 aromatic rings. The maximum Gasteiger partial charge on any atom is 0.234 e. The summed E-state index contributed by atoms with van der Waals surface area (Å²) in [6.07, 6.45) is 1.57. The third-order valence-corrected chi connectivity index (χ3v) is 3.17. The van der Waals surface area contributed by atoms with Gasteiger partial charge < -0.3 is 4.98 Å². The van der Waals surface area contributed by atoms with Crippen molar-refractivity contribution < 1.29 is 0 Å². The van der Waals surface area contributed by atoms with Crippen LogP contribution in [0.4, 0.5) is 0 Å². The van der Waals surface area contributed by atoms with Crippen molar-refractivity contribution in [3.8, 4) is 6.07 Å². The molecule has 5 nitrogen and oxygen atoms in total. The molecule has 0 radical (unpaired) electrons. The first-order valence-electron chi connectivity index (χ1n) is 5.21. The number of aromatic nitrogens is 4. The van der Waals surface area contributed by atoms with Gasteiger partial charge in [-0.15, -0.1) is 0 Å². The molecule has 0 aliphatic carbocycles. The summed E-state index contributed by atoms with van der Waals surface area (Å²) in [7, 11) is 0. The fraction of sp³-hybridized carbons (Fsp3) is 0. The van der Waals surface area contributed by atoms with Gasteiger partial charge >= 0.3 is 0 Å². The number of benzene rings is 1. The number of hydrogen-bond acceptors (Lipinski definition) is 5. The van der Waals surface area contributed by atoms with Gasteiger partial charge in [0.15, 0.2) is 10.8 Å². The summed E-state index contributed by atoms with van der Waals surface area (Å²) >= 11 is 1.51. The van der Waals surface area contributed by atoms with Gasteiger partial charge in [0.05, 0.1) is 6.20 Å². The lowest BCUT2D eigenvalue weighted by Crippen LogP contribution is -1.87. The highest BCUT2D eigenvalue weighted by atomic mass is 32.2. The third-order valence-electron chi connectivity index (χ3n) is 2.28. The summed E-state index contributed by atoms with van der Waals surface area (Å²) in [5.74, 6) is 0.130. The lowest BCUT2D eigenvalue weighted by atomic mass is 10.4. The smallest absolute Gasteiger partial charge is 0.234 e. The summed E-state index contributed by atoms with van der Waals surface area (Å²) in [5, 5.41) is 9.46. The number of nitriles is 1. The van der Waals surface area contributed by atoms with Crippen LogP contribution < -0.4 is 0 Å². The molecular formula is C12H7N5S.